The second-order valence-electron chi connectivity index (χ2n) is 3.50. The smallest absolute Gasteiger partial charge is 0.420 e. The first-order valence-corrected chi connectivity index (χ1v) is 5.14. The molecule has 0 fully saturated rings. The number of nitrogens with zero attached hydrogens (tertiary/aromatic N) is 1. The SMILES string of the molecule is CCC(=O)COc1ccc(C#N)cc1C(F)(F)F. The second kappa shape index (κ2) is 5.54. The fraction of sp³-hybridized carbons (Fsp3) is 0.333. The molecule has 0 saturated carbocycles. The zero-order valence-electron chi connectivity index (χ0n) is 9.54. The van der Waals surface area contributed by atoms with Crippen LogP contribution in [0.1, 0.15) is 24.5 Å². The number of hydrogen-bond donors (Lipinski definition) is 0. The molecular weight excluding hydrogens is 247 g/mol. The number of alkyl halides is 3. The van der Waals surface area contributed by atoms with Crippen LogP contribution in [0.15, 0.2) is 18.2 Å². The van der Waals surface area contributed by atoms with Crippen LogP contribution in [0.4, 0.5) is 13.2 Å². The van der Waals surface area contributed by atoms with Crippen molar-refractivity contribution in [2.45, 2.75) is 19.5 Å². The zero-order valence-corrected chi connectivity index (χ0v) is 9.54. The van der Waals surface area contributed by atoms with E-state index in [1.165, 1.54) is 6.07 Å². The number of rotatable bonds is 4. The minimum absolute atomic E-state index is 0.114. The molecule has 0 aliphatic carbocycles. The van der Waals surface area contributed by atoms with Crippen molar-refractivity contribution in [2.75, 3.05) is 6.61 Å². The van der Waals surface area contributed by atoms with Crippen molar-refractivity contribution in [3.05, 3.63) is 29.3 Å². The van der Waals surface area contributed by atoms with E-state index in [2.05, 4.69) is 0 Å². The van der Waals surface area contributed by atoms with Gasteiger partial charge in [-0.15, -0.1) is 0 Å². The van der Waals surface area contributed by atoms with Crippen LogP contribution in [0, 0.1) is 11.3 Å². The lowest BCUT2D eigenvalue weighted by atomic mass is 10.1. The molecule has 1 aromatic rings. The van der Waals surface area contributed by atoms with Gasteiger partial charge in [0.05, 0.1) is 17.2 Å². The van der Waals surface area contributed by atoms with Gasteiger partial charge in [-0.2, -0.15) is 18.4 Å². The lowest BCUT2D eigenvalue weighted by molar-refractivity contribution is -0.139. The first-order valence-electron chi connectivity index (χ1n) is 5.14. The lowest BCUT2D eigenvalue weighted by Gasteiger charge is -2.13. The lowest BCUT2D eigenvalue weighted by Crippen LogP contribution is -2.14. The van der Waals surface area contributed by atoms with Crippen molar-refractivity contribution in [3.63, 3.8) is 0 Å². The normalized spacial score (nSPS) is 10.8. The summed E-state index contributed by atoms with van der Waals surface area (Å²) in [6, 6.07) is 4.58. The molecule has 0 bridgehead atoms. The maximum Gasteiger partial charge on any atom is 0.420 e. The highest BCUT2D eigenvalue weighted by Gasteiger charge is 2.34. The van der Waals surface area contributed by atoms with Crippen LogP contribution in [-0.4, -0.2) is 12.4 Å². The maximum atomic E-state index is 12.7. The molecule has 0 saturated heterocycles. The Balaban J connectivity index is 3.04. The Bertz CT molecular complexity index is 489. The summed E-state index contributed by atoms with van der Waals surface area (Å²) in [5.41, 5.74) is -1.16. The summed E-state index contributed by atoms with van der Waals surface area (Å²) in [4.78, 5) is 11.0. The number of benzene rings is 1. The van der Waals surface area contributed by atoms with Crippen LogP contribution < -0.4 is 4.74 Å². The predicted octanol–water partition coefficient (Wildman–Crippen LogP) is 2.93. The molecule has 0 heterocycles. The number of nitriles is 1. The van der Waals surface area contributed by atoms with Crippen LogP contribution in [0.25, 0.3) is 0 Å². The number of hydrogen-bond acceptors (Lipinski definition) is 3. The van der Waals surface area contributed by atoms with Gasteiger partial charge < -0.3 is 4.74 Å². The third-order valence-electron chi connectivity index (χ3n) is 2.20. The highest BCUT2D eigenvalue weighted by Crippen LogP contribution is 2.36. The van der Waals surface area contributed by atoms with Crippen molar-refractivity contribution >= 4 is 5.78 Å². The van der Waals surface area contributed by atoms with Gasteiger partial charge in [0.15, 0.2) is 5.78 Å². The Morgan fingerprint density at radius 1 is 1.44 bits per heavy atom. The van der Waals surface area contributed by atoms with Crippen molar-refractivity contribution in [2.24, 2.45) is 0 Å². The average Bonchev–Trinajstić information content (AvgIpc) is 2.34. The number of ketones is 1. The van der Waals surface area contributed by atoms with E-state index < -0.39 is 24.1 Å². The van der Waals surface area contributed by atoms with E-state index in [0.717, 1.165) is 6.07 Å². The number of carbonyl (C=O) groups is 1. The van der Waals surface area contributed by atoms with Gasteiger partial charge in [-0.1, -0.05) is 6.92 Å². The molecule has 0 unspecified atom stereocenters. The summed E-state index contributed by atoms with van der Waals surface area (Å²) in [5, 5.41) is 8.56. The molecule has 1 aromatic carbocycles. The molecule has 0 aromatic heterocycles. The molecule has 0 atom stereocenters. The molecular formula is C12H10F3NO2. The summed E-state index contributed by atoms with van der Waals surface area (Å²) >= 11 is 0. The average molecular weight is 257 g/mol. The second-order valence-corrected chi connectivity index (χ2v) is 3.50. The van der Waals surface area contributed by atoms with Gasteiger partial charge >= 0.3 is 6.18 Å². The number of Topliss-reactive ketones (excluding diaryl/α,β-unsaturated/α-hetero) is 1. The van der Waals surface area contributed by atoms with Crippen LogP contribution in [0.2, 0.25) is 0 Å². The van der Waals surface area contributed by atoms with E-state index in [0.29, 0.717) is 6.07 Å². The van der Waals surface area contributed by atoms with Gasteiger partial charge in [-0.05, 0) is 18.2 Å². The Kier molecular flexibility index (Phi) is 4.32. The van der Waals surface area contributed by atoms with Crippen molar-refractivity contribution in [1.29, 1.82) is 5.26 Å². The van der Waals surface area contributed by atoms with E-state index in [-0.39, 0.29) is 17.8 Å². The summed E-state index contributed by atoms with van der Waals surface area (Å²) < 4.78 is 42.9. The Morgan fingerprint density at radius 2 is 2.11 bits per heavy atom. The molecule has 1 rings (SSSR count). The monoisotopic (exact) mass is 257 g/mol. The maximum absolute atomic E-state index is 12.7. The molecule has 96 valence electrons. The Hall–Kier alpha value is -2.03. The number of halogens is 3. The summed E-state index contributed by atoms with van der Waals surface area (Å²) in [6.45, 7) is 1.18. The first-order chi connectivity index (χ1) is 8.38. The van der Waals surface area contributed by atoms with Crippen molar-refractivity contribution in [1.82, 2.24) is 0 Å². The van der Waals surface area contributed by atoms with Crippen LogP contribution in [0.3, 0.4) is 0 Å². The number of carbonyl (C=O) groups excluding carboxylic acids is 1. The molecule has 0 aliphatic heterocycles. The topological polar surface area (TPSA) is 50.1 Å². The fourth-order valence-corrected chi connectivity index (χ4v) is 1.21. The van der Waals surface area contributed by atoms with Gasteiger partial charge in [0, 0.05) is 6.42 Å². The molecule has 0 spiro atoms. The van der Waals surface area contributed by atoms with E-state index in [4.69, 9.17) is 10.00 Å². The molecule has 0 N–H and O–H groups in total. The quantitative estimate of drug-likeness (QED) is 0.833. The third kappa shape index (κ3) is 3.48. The third-order valence-corrected chi connectivity index (χ3v) is 2.20. The summed E-state index contributed by atoms with van der Waals surface area (Å²) in [5.74, 6) is -0.740. The minimum atomic E-state index is -4.63. The van der Waals surface area contributed by atoms with Crippen LogP contribution >= 0.6 is 0 Å². The zero-order chi connectivity index (χ0) is 13.8. The van der Waals surface area contributed by atoms with Gasteiger partial charge in [-0.25, -0.2) is 0 Å². The highest BCUT2D eigenvalue weighted by molar-refractivity contribution is 5.79. The first kappa shape index (κ1) is 14.0. The standard InChI is InChI=1S/C12H10F3NO2/c1-2-9(17)7-18-11-4-3-8(6-16)5-10(11)12(13,14)15/h3-5H,2,7H2,1H3. The molecule has 6 heteroatoms. The fourth-order valence-electron chi connectivity index (χ4n) is 1.21. The largest absolute Gasteiger partial charge is 0.485 e. The predicted molar refractivity (Wildman–Crippen MR) is 57.0 cm³/mol. The highest BCUT2D eigenvalue weighted by atomic mass is 19.4. The van der Waals surface area contributed by atoms with E-state index in [1.54, 1.807) is 13.0 Å². The van der Waals surface area contributed by atoms with Crippen LogP contribution in [0.5, 0.6) is 5.75 Å². The molecule has 0 amide bonds. The summed E-state index contributed by atoms with van der Waals surface area (Å²) in [6.07, 6.45) is -4.44. The molecule has 0 aliphatic rings. The molecule has 18 heavy (non-hydrogen) atoms. The van der Waals surface area contributed by atoms with E-state index >= 15 is 0 Å². The van der Waals surface area contributed by atoms with Gasteiger partial charge in [-0.3, -0.25) is 4.79 Å². The minimum Gasteiger partial charge on any atom is -0.485 e. The Morgan fingerprint density at radius 3 is 2.61 bits per heavy atom. The number of ether oxygens (including phenoxy) is 1. The van der Waals surface area contributed by atoms with Gasteiger partial charge in [0.2, 0.25) is 0 Å². The van der Waals surface area contributed by atoms with E-state index in [1.807, 2.05) is 0 Å². The van der Waals surface area contributed by atoms with Gasteiger partial charge in [0.1, 0.15) is 12.4 Å². The van der Waals surface area contributed by atoms with E-state index in [9.17, 15) is 18.0 Å². The van der Waals surface area contributed by atoms with Gasteiger partial charge in [0.25, 0.3) is 0 Å². The molecule has 0 radical (unpaired) electrons. The Labute approximate surface area is 102 Å². The van der Waals surface area contributed by atoms with Crippen molar-refractivity contribution < 1.29 is 22.7 Å². The van der Waals surface area contributed by atoms with Crippen molar-refractivity contribution in [3.8, 4) is 11.8 Å². The summed E-state index contributed by atoms with van der Waals surface area (Å²) in [7, 11) is 0. The van der Waals surface area contributed by atoms with Crippen LogP contribution in [-0.2, 0) is 11.0 Å². The molecule has 3 nitrogen and oxygen atoms in total.